The van der Waals surface area contributed by atoms with Crippen molar-refractivity contribution in [2.24, 2.45) is 0 Å². The van der Waals surface area contributed by atoms with Gasteiger partial charge in [-0.2, -0.15) is 0 Å². The van der Waals surface area contributed by atoms with E-state index in [-0.39, 0.29) is 6.61 Å². The van der Waals surface area contributed by atoms with Gasteiger partial charge in [-0.1, -0.05) is 6.07 Å². The van der Waals surface area contributed by atoms with Crippen molar-refractivity contribution < 1.29 is 5.11 Å². The molecule has 0 atom stereocenters. The molecule has 2 rings (SSSR count). The summed E-state index contributed by atoms with van der Waals surface area (Å²) in [6.45, 7) is 2.23. The van der Waals surface area contributed by atoms with Crippen LogP contribution in [0.25, 0.3) is 0 Å². The molecule has 0 spiro atoms. The third kappa shape index (κ3) is 1.65. The quantitative estimate of drug-likeness (QED) is 0.738. The molecule has 1 aromatic heterocycles. The number of aromatic nitrogens is 1. The van der Waals surface area contributed by atoms with Gasteiger partial charge in [-0.15, -0.1) is 0 Å². The van der Waals surface area contributed by atoms with Crippen LogP contribution in [0.2, 0.25) is 0 Å². The Bertz CT molecular complexity index is 282. The second-order valence-corrected chi connectivity index (χ2v) is 3.34. The summed E-state index contributed by atoms with van der Waals surface area (Å²) in [5.74, 6) is 0.961. The molecule has 0 amide bonds. The molecule has 1 aliphatic rings. The highest BCUT2D eigenvalue weighted by Crippen LogP contribution is 2.21. The van der Waals surface area contributed by atoms with Crippen LogP contribution >= 0.6 is 0 Å². The molecular weight excluding hydrogens is 164 g/mol. The zero-order valence-electron chi connectivity index (χ0n) is 7.61. The van der Waals surface area contributed by atoms with Crippen molar-refractivity contribution in [1.29, 1.82) is 0 Å². The summed E-state index contributed by atoms with van der Waals surface area (Å²) < 4.78 is 0. The van der Waals surface area contributed by atoms with Gasteiger partial charge in [0.2, 0.25) is 0 Å². The van der Waals surface area contributed by atoms with Crippen LogP contribution in [0.5, 0.6) is 0 Å². The molecule has 0 unspecified atom stereocenters. The van der Waals surface area contributed by atoms with Gasteiger partial charge in [0.1, 0.15) is 5.82 Å². The number of hydrogen-bond donors (Lipinski definition) is 1. The maximum absolute atomic E-state index is 9.11. The minimum atomic E-state index is 0.0830. The molecule has 0 bridgehead atoms. The summed E-state index contributed by atoms with van der Waals surface area (Å²) in [4.78, 5) is 6.54. The van der Waals surface area contributed by atoms with Crippen molar-refractivity contribution >= 4 is 5.82 Å². The number of pyridine rings is 1. The Morgan fingerprint density at radius 1 is 1.38 bits per heavy atom. The highest BCUT2D eigenvalue weighted by atomic mass is 16.3. The third-order valence-corrected chi connectivity index (χ3v) is 2.44. The molecule has 1 aromatic rings. The van der Waals surface area contributed by atoms with Crippen LogP contribution in [0.1, 0.15) is 18.4 Å². The highest BCUT2D eigenvalue weighted by Gasteiger charge is 2.15. The number of aliphatic hydroxyl groups is 1. The second kappa shape index (κ2) is 3.75. The molecule has 1 N–H and O–H groups in total. The van der Waals surface area contributed by atoms with Crippen LogP contribution in [-0.4, -0.2) is 23.2 Å². The van der Waals surface area contributed by atoms with E-state index in [1.807, 2.05) is 12.1 Å². The number of rotatable bonds is 2. The standard InChI is InChI=1S/C10H14N2O/c13-8-9-4-3-5-11-10(9)12-6-1-2-7-12/h3-5,13H,1-2,6-8H2. The van der Waals surface area contributed by atoms with E-state index in [9.17, 15) is 0 Å². The first kappa shape index (κ1) is 8.51. The first-order valence-electron chi connectivity index (χ1n) is 4.71. The van der Waals surface area contributed by atoms with Crippen LogP contribution in [0, 0.1) is 0 Å². The average molecular weight is 178 g/mol. The normalized spacial score (nSPS) is 16.5. The SMILES string of the molecule is OCc1cccnc1N1CCCC1. The third-order valence-electron chi connectivity index (χ3n) is 2.44. The molecule has 0 radical (unpaired) electrons. The molecule has 1 saturated heterocycles. The molecule has 0 aliphatic carbocycles. The van der Waals surface area contributed by atoms with Crippen molar-refractivity contribution in [2.45, 2.75) is 19.4 Å². The maximum atomic E-state index is 9.11. The molecule has 13 heavy (non-hydrogen) atoms. The highest BCUT2D eigenvalue weighted by molar-refractivity contribution is 5.46. The molecule has 3 nitrogen and oxygen atoms in total. The first-order chi connectivity index (χ1) is 6.42. The topological polar surface area (TPSA) is 36.4 Å². The predicted octanol–water partition coefficient (Wildman–Crippen LogP) is 1.17. The molecule has 2 heterocycles. The lowest BCUT2D eigenvalue weighted by molar-refractivity contribution is 0.281. The van der Waals surface area contributed by atoms with Crippen LogP contribution in [0.3, 0.4) is 0 Å². The summed E-state index contributed by atoms with van der Waals surface area (Å²) in [6, 6.07) is 3.80. The van der Waals surface area contributed by atoms with Gasteiger partial charge in [0, 0.05) is 24.8 Å². The van der Waals surface area contributed by atoms with Crippen molar-refractivity contribution in [3.05, 3.63) is 23.9 Å². The van der Waals surface area contributed by atoms with Gasteiger partial charge in [-0.3, -0.25) is 0 Å². The largest absolute Gasteiger partial charge is 0.392 e. The lowest BCUT2D eigenvalue weighted by atomic mass is 10.2. The van der Waals surface area contributed by atoms with E-state index < -0.39 is 0 Å². The summed E-state index contributed by atoms with van der Waals surface area (Å²) >= 11 is 0. The van der Waals surface area contributed by atoms with E-state index in [0.29, 0.717) is 0 Å². The van der Waals surface area contributed by atoms with Gasteiger partial charge in [0.15, 0.2) is 0 Å². The van der Waals surface area contributed by atoms with E-state index >= 15 is 0 Å². The van der Waals surface area contributed by atoms with Crippen molar-refractivity contribution in [3.63, 3.8) is 0 Å². The Morgan fingerprint density at radius 2 is 2.15 bits per heavy atom. The second-order valence-electron chi connectivity index (χ2n) is 3.34. The molecule has 3 heteroatoms. The Hall–Kier alpha value is -1.09. The van der Waals surface area contributed by atoms with E-state index in [2.05, 4.69) is 9.88 Å². The molecule has 70 valence electrons. The zero-order valence-corrected chi connectivity index (χ0v) is 7.61. The molecular formula is C10H14N2O. The Labute approximate surface area is 78.0 Å². The van der Waals surface area contributed by atoms with E-state index in [1.165, 1.54) is 12.8 Å². The van der Waals surface area contributed by atoms with Gasteiger partial charge in [0.25, 0.3) is 0 Å². The molecule has 1 aliphatic heterocycles. The van der Waals surface area contributed by atoms with Gasteiger partial charge in [0.05, 0.1) is 6.61 Å². The van der Waals surface area contributed by atoms with Crippen molar-refractivity contribution in [2.75, 3.05) is 18.0 Å². The number of anilines is 1. The minimum Gasteiger partial charge on any atom is -0.392 e. The van der Waals surface area contributed by atoms with Gasteiger partial charge >= 0.3 is 0 Å². The monoisotopic (exact) mass is 178 g/mol. The van der Waals surface area contributed by atoms with Crippen molar-refractivity contribution in [3.8, 4) is 0 Å². The number of hydrogen-bond acceptors (Lipinski definition) is 3. The van der Waals surface area contributed by atoms with E-state index in [1.54, 1.807) is 6.20 Å². The lowest BCUT2D eigenvalue weighted by Gasteiger charge is -2.18. The lowest BCUT2D eigenvalue weighted by Crippen LogP contribution is -2.20. The summed E-state index contributed by atoms with van der Waals surface area (Å²) in [5, 5.41) is 9.11. The zero-order chi connectivity index (χ0) is 9.10. The Balaban J connectivity index is 2.26. The van der Waals surface area contributed by atoms with Crippen LogP contribution in [0.15, 0.2) is 18.3 Å². The minimum absolute atomic E-state index is 0.0830. The number of nitrogens with zero attached hydrogens (tertiary/aromatic N) is 2. The number of aliphatic hydroxyl groups excluding tert-OH is 1. The van der Waals surface area contributed by atoms with Crippen molar-refractivity contribution in [1.82, 2.24) is 4.98 Å². The fourth-order valence-corrected chi connectivity index (χ4v) is 1.77. The predicted molar refractivity (Wildman–Crippen MR) is 51.6 cm³/mol. The Kier molecular flexibility index (Phi) is 2.45. The summed E-state index contributed by atoms with van der Waals surface area (Å²) in [7, 11) is 0. The maximum Gasteiger partial charge on any atom is 0.134 e. The fraction of sp³-hybridized carbons (Fsp3) is 0.500. The first-order valence-corrected chi connectivity index (χ1v) is 4.71. The van der Waals surface area contributed by atoms with E-state index in [0.717, 1.165) is 24.5 Å². The summed E-state index contributed by atoms with van der Waals surface area (Å²) in [5.41, 5.74) is 0.935. The average Bonchev–Trinajstić information content (AvgIpc) is 2.70. The van der Waals surface area contributed by atoms with Gasteiger partial charge < -0.3 is 10.0 Å². The van der Waals surface area contributed by atoms with Gasteiger partial charge in [-0.05, 0) is 18.9 Å². The van der Waals surface area contributed by atoms with Crippen LogP contribution < -0.4 is 4.90 Å². The molecule has 1 fully saturated rings. The smallest absolute Gasteiger partial charge is 0.134 e. The Morgan fingerprint density at radius 3 is 2.85 bits per heavy atom. The van der Waals surface area contributed by atoms with Gasteiger partial charge in [-0.25, -0.2) is 4.98 Å². The molecule has 0 aromatic carbocycles. The fourth-order valence-electron chi connectivity index (χ4n) is 1.77. The van der Waals surface area contributed by atoms with Crippen LogP contribution in [-0.2, 0) is 6.61 Å². The van der Waals surface area contributed by atoms with E-state index in [4.69, 9.17) is 5.11 Å². The van der Waals surface area contributed by atoms with Crippen LogP contribution in [0.4, 0.5) is 5.82 Å². The summed E-state index contributed by atoms with van der Waals surface area (Å²) in [6.07, 6.45) is 4.26. The molecule has 0 saturated carbocycles.